The minimum absolute atomic E-state index is 0.0102. The van der Waals surface area contributed by atoms with E-state index in [0.717, 1.165) is 10.7 Å². The van der Waals surface area contributed by atoms with Crippen LogP contribution in [0.4, 0.5) is 13.2 Å². The number of aliphatic hydroxyl groups excluding tert-OH is 2. The lowest BCUT2D eigenvalue weighted by molar-refractivity contribution is 0.189. The Morgan fingerprint density at radius 3 is 2.60 bits per heavy atom. The molecule has 1 atom stereocenters. The van der Waals surface area contributed by atoms with Gasteiger partial charge < -0.3 is 10.2 Å². The molecule has 2 rings (SSSR count). The third-order valence-corrected chi connectivity index (χ3v) is 2.93. The van der Waals surface area contributed by atoms with Gasteiger partial charge in [0.15, 0.2) is 23.3 Å². The summed E-state index contributed by atoms with van der Waals surface area (Å²) in [5.74, 6) is -4.62. The van der Waals surface area contributed by atoms with Gasteiger partial charge in [-0.3, -0.25) is 0 Å². The van der Waals surface area contributed by atoms with Gasteiger partial charge in [-0.05, 0) is 28.1 Å². The van der Waals surface area contributed by atoms with Crippen LogP contribution in [0.2, 0.25) is 0 Å². The molecule has 0 saturated carbocycles. The smallest absolute Gasteiger partial charge is 0.217 e. The van der Waals surface area contributed by atoms with Gasteiger partial charge in [0.05, 0.1) is 13.2 Å². The lowest BCUT2D eigenvalue weighted by atomic mass is 10.1. The molecule has 1 heterocycles. The Hall–Kier alpha value is -1.45. The molecule has 1 unspecified atom stereocenters. The van der Waals surface area contributed by atoms with E-state index in [1.807, 2.05) is 0 Å². The van der Waals surface area contributed by atoms with Gasteiger partial charge >= 0.3 is 0 Å². The van der Waals surface area contributed by atoms with Crippen LogP contribution in [0, 0.1) is 17.5 Å². The SMILES string of the molecule is OCCn1nc(Br)nc1C(O)c1ccc(F)c(F)c1F. The minimum Gasteiger partial charge on any atom is -0.394 e. The Balaban J connectivity index is 2.46. The van der Waals surface area contributed by atoms with Gasteiger partial charge in [0.1, 0.15) is 6.10 Å². The van der Waals surface area contributed by atoms with Crippen LogP contribution in [0.1, 0.15) is 17.5 Å². The summed E-state index contributed by atoms with van der Waals surface area (Å²) in [6.07, 6.45) is -1.64. The molecule has 108 valence electrons. The molecule has 2 N–H and O–H groups in total. The molecule has 0 saturated heterocycles. The van der Waals surface area contributed by atoms with Crippen LogP contribution < -0.4 is 0 Å². The highest BCUT2D eigenvalue weighted by molar-refractivity contribution is 9.10. The molecule has 5 nitrogen and oxygen atoms in total. The van der Waals surface area contributed by atoms with E-state index in [1.165, 1.54) is 0 Å². The lowest BCUT2D eigenvalue weighted by Gasteiger charge is -2.12. The fourth-order valence-electron chi connectivity index (χ4n) is 1.68. The quantitative estimate of drug-likeness (QED) is 0.819. The van der Waals surface area contributed by atoms with Crippen LogP contribution in [0.15, 0.2) is 16.9 Å². The normalized spacial score (nSPS) is 12.7. The summed E-state index contributed by atoms with van der Waals surface area (Å²) in [4.78, 5) is 3.82. The van der Waals surface area contributed by atoms with Crippen LogP contribution in [-0.2, 0) is 6.54 Å². The molecule has 0 aliphatic heterocycles. The van der Waals surface area contributed by atoms with E-state index in [1.54, 1.807) is 0 Å². The molecular formula is C11H9BrF3N3O2. The Bertz CT molecular complexity index is 636. The highest BCUT2D eigenvalue weighted by Crippen LogP contribution is 2.26. The van der Waals surface area contributed by atoms with E-state index in [4.69, 9.17) is 5.11 Å². The van der Waals surface area contributed by atoms with E-state index in [-0.39, 0.29) is 23.7 Å². The highest BCUT2D eigenvalue weighted by atomic mass is 79.9. The van der Waals surface area contributed by atoms with Crippen molar-refractivity contribution in [3.8, 4) is 0 Å². The monoisotopic (exact) mass is 351 g/mol. The van der Waals surface area contributed by atoms with Crippen LogP contribution >= 0.6 is 15.9 Å². The zero-order valence-electron chi connectivity index (χ0n) is 9.89. The zero-order valence-corrected chi connectivity index (χ0v) is 11.5. The number of aliphatic hydroxyl groups is 2. The Labute approximate surface area is 119 Å². The first-order valence-corrected chi connectivity index (χ1v) is 6.27. The van der Waals surface area contributed by atoms with Crippen LogP contribution in [-0.4, -0.2) is 31.6 Å². The molecule has 0 fully saturated rings. The number of benzene rings is 1. The van der Waals surface area contributed by atoms with Gasteiger partial charge in [-0.1, -0.05) is 0 Å². The van der Waals surface area contributed by atoms with E-state index in [9.17, 15) is 18.3 Å². The van der Waals surface area contributed by atoms with E-state index in [2.05, 4.69) is 26.0 Å². The van der Waals surface area contributed by atoms with Crippen molar-refractivity contribution >= 4 is 15.9 Å². The van der Waals surface area contributed by atoms with Crippen LogP contribution in [0.5, 0.6) is 0 Å². The maximum atomic E-state index is 13.6. The molecular weight excluding hydrogens is 343 g/mol. The Kier molecular flexibility index (Phi) is 4.41. The van der Waals surface area contributed by atoms with Gasteiger partial charge in [-0.25, -0.2) is 22.8 Å². The maximum absolute atomic E-state index is 13.6. The molecule has 0 radical (unpaired) electrons. The predicted octanol–water partition coefficient (Wildman–Crippen LogP) is 1.53. The van der Waals surface area contributed by atoms with Gasteiger partial charge in [-0.2, -0.15) is 0 Å². The van der Waals surface area contributed by atoms with Crippen molar-refractivity contribution in [2.45, 2.75) is 12.6 Å². The molecule has 0 spiro atoms. The number of hydrogen-bond acceptors (Lipinski definition) is 4. The summed E-state index contributed by atoms with van der Waals surface area (Å²) in [6, 6.07) is 1.63. The highest BCUT2D eigenvalue weighted by Gasteiger charge is 2.25. The van der Waals surface area contributed by atoms with E-state index in [0.29, 0.717) is 6.07 Å². The van der Waals surface area contributed by atoms with Gasteiger partial charge in [0.2, 0.25) is 4.73 Å². The van der Waals surface area contributed by atoms with Gasteiger partial charge in [0, 0.05) is 5.56 Å². The molecule has 0 aliphatic rings. The van der Waals surface area contributed by atoms with Crippen molar-refractivity contribution in [2.75, 3.05) is 6.61 Å². The largest absolute Gasteiger partial charge is 0.394 e. The predicted molar refractivity (Wildman–Crippen MR) is 65.2 cm³/mol. The van der Waals surface area contributed by atoms with E-state index >= 15 is 0 Å². The van der Waals surface area contributed by atoms with Crippen molar-refractivity contribution < 1.29 is 23.4 Å². The molecule has 9 heteroatoms. The van der Waals surface area contributed by atoms with Gasteiger partial charge in [-0.15, -0.1) is 5.10 Å². The fourth-order valence-corrected chi connectivity index (χ4v) is 2.05. The van der Waals surface area contributed by atoms with Crippen molar-refractivity contribution in [1.29, 1.82) is 0 Å². The molecule has 0 bridgehead atoms. The average Bonchev–Trinajstić information content (AvgIpc) is 2.77. The first-order valence-electron chi connectivity index (χ1n) is 5.48. The summed E-state index contributed by atoms with van der Waals surface area (Å²) < 4.78 is 40.9. The molecule has 20 heavy (non-hydrogen) atoms. The summed E-state index contributed by atoms with van der Waals surface area (Å²) in [6.45, 7) is -0.272. The number of hydrogen-bond donors (Lipinski definition) is 2. The second-order valence-electron chi connectivity index (χ2n) is 3.85. The van der Waals surface area contributed by atoms with Crippen LogP contribution in [0.3, 0.4) is 0 Å². The molecule has 0 aliphatic carbocycles. The maximum Gasteiger partial charge on any atom is 0.217 e. The number of aromatic nitrogens is 3. The summed E-state index contributed by atoms with van der Waals surface area (Å²) in [5, 5.41) is 22.8. The minimum atomic E-state index is -1.67. The molecule has 0 amide bonds. The molecule has 2 aromatic rings. The van der Waals surface area contributed by atoms with Crippen molar-refractivity contribution in [3.05, 3.63) is 45.7 Å². The van der Waals surface area contributed by atoms with Crippen molar-refractivity contribution in [2.24, 2.45) is 0 Å². The summed E-state index contributed by atoms with van der Waals surface area (Å²) in [7, 11) is 0. The number of rotatable bonds is 4. The second kappa shape index (κ2) is 5.90. The third-order valence-electron chi connectivity index (χ3n) is 2.59. The first kappa shape index (κ1) is 14.9. The zero-order chi connectivity index (χ0) is 14.9. The van der Waals surface area contributed by atoms with Crippen LogP contribution in [0.25, 0.3) is 0 Å². The molecule has 1 aromatic carbocycles. The summed E-state index contributed by atoms with van der Waals surface area (Å²) >= 11 is 2.97. The second-order valence-corrected chi connectivity index (χ2v) is 4.56. The lowest BCUT2D eigenvalue weighted by Crippen LogP contribution is -2.15. The first-order chi connectivity index (χ1) is 9.45. The van der Waals surface area contributed by atoms with Crippen molar-refractivity contribution in [3.63, 3.8) is 0 Å². The Morgan fingerprint density at radius 2 is 1.95 bits per heavy atom. The number of halogens is 4. The average molecular weight is 352 g/mol. The topological polar surface area (TPSA) is 71.2 Å². The number of nitrogens with zero attached hydrogens (tertiary/aromatic N) is 3. The Morgan fingerprint density at radius 1 is 1.25 bits per heavy atom. The third kappa shape index (κ3) is 2.69. The van der Waals surface area contributed by atoms with Gasteiger partial charge in [0.25, 0.3) is 0 Å². The fraction of sp³-hybridized carbons (Fsp3) is 0.273. The van der Waals surface area contributed by atoms with Crippen molar-refractivity contribution in [1.82, 2.24) is 14.8 Å². The standard InChI is InChI=1S/C11H9BrF3N3O2/c12-11-16-10(18(17-11)3-4-19)9(20)5-1-2-6(13)8(15)7(5)14/h1-2,9,19-20H,3-4H2. The summed E-state index contributed by atoms with van der Waals surface area (Å²) in [5.41, 5.74) is -0.469. The molecule has 1 aromatic heterocycles. The van der Waals surface area contributed by atoms with E-state index < -0.39 is 29.1 Å².